The summed E-state index contributed by atoms with van der Waals surface area (Å²) in [6.45, 7) is 10.2. The Morgan fingerprint density at radius 3 is 2.48 bits per heavy atom. The van der Waals surface area contributed by atoms with Gasteiger partial charge in [-0.2, -0.15) is 0 Å². The highest BCUT2D eigenvalue weighted by Crippen LogP contribution is 2.41. The number of benzene rings is 1. The lowest BCUT2D eigenvalue weighted by Crippen LogP contribution is -2.33. The number of amides is 1. The van der Waals surface area contributed by atoms with Crippen molar-refractivity contribution in [3.8, 4) is 5.75 Å². The van der Waals surface area contributed by atoms with Crippen LogP contribution in [0.15, 0.2) is 41.3 Å². The minimum Gasteiger partial charge on any atom is -0.507 e. The molecule has 3 rings (SSSR count). The van der Waals surface area contributed by atoms with E-state index in [0.29, 0.717) is 17.9 Å². The molecule has 1 fully saturated rings. The Morgan fingerprint density at radius 1 is 1.16 bits per heavy atom. The number of carbonyl (C=O) groups is 2. The van der Waals surface area contributed by atoms with E-state index in [4.69, 9.17) is 9.47 Å². The highest BCUT2D eigenvalue weighted by Gasteiger charge is 2.46. The molecule has 0 saturated carbocycles. The number of ketones is 1. The molecule has 7 heteroatoms. The maximum Gasteiger partial charge on any atom is 0.295 e. The smallest absolute Gasteiger partial charge is 0.295 e. The summed E-state index contributed by atoms with van der Waals surface area (Å²) in [6.07, 6.45) is 0.0434. The summed E-state index contributed by atoms with van der Waals surface area (Å²) in [5, 5.41) is 13.0. The standard InChI is InChI=1S/C24H29NO5S/c1-14(2)29-11-10-25-21(19-7-6-12-31-19)20(23(27)24(25)28)22(26)17-8-9-18(16(5)13-17)30-15(3)4/h6-9,12-15,21,26H,10-11H2,1-5H3/b22-20-. The first-order valence-electron chi connectivity index (χ1n) is 10.4. The maximum absolute atomic E-state index is 13.0. The molecule has 6 nitrogen and oxygen atoms in total. The number of ether oxygens (including phenoxy) is 2. The third-order valence-electron chi connectivity index (χ3n) is 4.95. The van der Waals surface area contributed by atoms with Crippen molar-refractivity contribution in [3.63, 3.8) is 0 Å². The van der Waals surface area contributed by atoms with Crippen LogP contribution in [0, 0.1) is 6.92 Å². The van der Waals surface area contributed by atoms with Crippen LogP contribution in [0.1, 0.15) is 49.7 Å². The minimum absolute atomic E-state index is 0.0200. The number of aryl methyl sites for hydroxylation is 1. The van der Waals surface area contributed by atoms with Gasteiger partial charge in [0.25, 0.3) is 11.7 Å². The van der Waals surface area contributed by atoms with Gasteiger partial charge in [-0.3, -0.25) is 9.59 Å². The number of nitrogens with zero attached hydrogens (tertiary/aromatic N) is 1. The van der Waals surface area contributed by atoms with Gasteiger partial charge in [0.1, 0.15) is 11.5 Å². The summed E-state index contributed by atoms with van der Waals surface area (Å²) < 4.78 is 11.4. The molecule has 0 aliphatic carbocycles. The summed E-state index contributed by atoms with van der Waals surface area (Å²) in [7, 11) is 0. The second-order valence-electron chi connectivity index (χ2n) is 8.07. The first kappa shape index (κ1) is 23.0. The fourth-order valence-corrected chi connectivity index (χ4v) is 4.42. The average Bonchev–Trinajstić information content (AvgIpc) is 3.31. The molecule has 0 spiro atoms. The van der Waals surface area contributed by atoms with Gasteiger partial charge >= 0.3 is 0 Å². The first-order chi connectivity index (χ1) is 14.7. The highest BCUT2D eigenvalue weighted by atomic mass is 32.1. The zero-order valence-corrected chi connectivity index (χ0v) is 19.4. The number of rotatable bonds is 8. The van der Waals surface area contributed by atoms with Gasteiger partial charge in [0.15, 0.2) is 0 Å². The van der Waals surface area contributed by atoms with Crippen molar-refractivity contribution in [2.45, 2.75) is 52.9 Å². The van der Waals surface area contributed by atoms with Crippen molar-refractivity contribution >= 4 is 28.8 Å². The van der Waals surface area contributed by atoms with Crippen LogP contribution < -0.4 is 4.74 Å². The molecule has 166 valence electrons. The van der Waals surface area contributed by atoms with Crippen LogP contribution in [-0.2, 0) is 14.3 Å². The zero-order valence-electron chi connectivity index (χ0n) is 18.5. The van der Waals surface area contributed by atoms with E-state index in [0.717, 1.165) is 10.4 Å². The van der Waals surface area contributed by atoms with E-state index in [1.54, 1.807) is 18.2 Å². The van der Waals surface area contributed by atoms with E-state index in [1.807, 2.05) is 52.1 Å². The Kier molecular flexibility index (Phi) is 7.18. The van der Waals surface area contributed by atoms with Gasteiger partial charge < -0.3 is 19.5 Å². The van der Waals surface area contributed by atoms with Crippen molar-refractivity contribution in [2.24, 2.45) is 0 Å². The molecule has 2 heterocycles. The number of hydrogen-bond acceptors (Lipinski definition) is 6. The predicted octanol–water partition coefficient (Wildman–Crippen LogP) is 4.69. The lowest BCUT2D eigenvalue weighted by molar-refractivity contribution is -0.140. The number of likely N-dealkylation sites (tertiary alicyclic amines) is 1. The van der Waals surface area contributed by atoms with E-state index in [9.17, 15) is 14.7 Å². The SMILES string of the molecule is Cc1cc(/C(O)=C2/C(=O)C(=O)N(CCOC(C)C)C2c2cccs2)ccc1OC(C)C. The fraction of sp³-hybridized carbons (Fsp3) is 0.417. The van der Waals surface area contributed by atoms with Gasteiger partial charge in [-0.15, -0.1) is 11.3 Å². The highest BCUT2D eigenvalue weighted by molar-refractivity contribution is 7.10. The predicted molar refractivity (Wildman–Crippen MR) is 121 cm³/mol. The van der Waals surface area contributed by atoms with Crippen molar-refractivity contribution in [2.75, 3.05) is 13.2 Å². The van der Waals surface area contributed by atoms with Crippen LogP contribution in [-0.4, -0.2) is 47.1 Å². The van der Waals surface area contributed by atoms with Crippen LogP contribution in [0.25, 0.3) is 5.76 Å². The Morgan fingerprint density at radius 2 is 1.90 bits per heavy atom. The number of aliphatic hydroxyl groups excluding tert-OH is 1. The van der Waals surface area contributed by atoms with Gasteiger partial charge in [-0.25, -0.2) is 0 Å². The summed E-state index contributed by atoms with van der Waals surface area (Å²) in [5.41, 5.74) is 1.42. The number of Topliss-reactive ketones (excluding diaryl/α,β-unsaturated/α-hetero) is 1. The van der Waals surface area contributed by atoms with Gasteiger partial charge in [0.05, 0.1) is 30.4 Å². The Labute approximate surface area is 187 Å². The largest absolute Gasteiger partial charge is 0.507 e. The molecule has 1 unspecified atom stereocenters. The van der Waals surface area contributed by atoms with E-state index < -0.39 is 17.7 Å². The molecule has 1 saturated heterocycles. The van der Waals surface area contributed by atoms with Crippen LogP contribution in [0.5, 0.6) is 5.75 Å². The topological polar surface area (TPSA) is 76.1 Å². The molecule has 2 aromatic rings. The van der Waals surface area contributed by atoms with Crippen molar-refractivity contribution < 1.29 is 24.2 Å². The van der Waals surface area contributed by atoms with E-state index in [2.05, 4.69) is 0 Å². The maximum atomic E-state index is 13.0. The molecule has 31 heavy (non-hydrogen) atoms. The Hall–Kier alpha value is -2.64. The molecular weight excluding hydrogens is 414 g/mol. The molecule has 1 N–H and O–H groups in total. The molecular formula is C24H29NO5S. The Bertz CT molecular complexity index is 978. The normalized spacial score (nSPS) is 18.4. The fourth-order valence-electron chi connectivity index (χ4n) is 3.58. The van der Waals surface area contributed by atoms with Crippen LogP contribution >= 0.6 is 11.3 Å². The quantitative estimate of drug-likeness (QED) is 0.364. The van der Waals surface area contributed by atoms with Crippen molar-refractivity contribution in [3.05, 3.63) is 57.3 Å². The van der Waals surface area contributed by atoms with Gasteiger partial charge in [-0.05, 0) is 69.8 Å². The van der Waals surface area contributed by atoms with E-state index in [-0.39, 0.29) is 30.1 Å². The molecule has 1 aromatic carbocycles. The molecule has 1 aliphatic rings. The Balaban J connectivity index is 2.02. The molecule has 1 aliphatic heterocycles. The second kappa shape index (κ2) is 9.66. The van der Waals surface area contributed by atoms with E-state index >= 15 is 0 Å². The van der Waals surface area contributed by atoms with Gasteiger partial charge in [0.2, 0.25) is 0 Å². The number of thiophene rings is 1. The first-order valence-corrected chi connectivity index (χ1v) is 11.3. The van der Waals surface area contributed by atoms with Crippen LogP contribution in [0.2, 0.25) is 0 Å². The van der Waals surface area contributed by atoms with Crippen LogP contribution in [0.4, 0.5) is 0 Å². The van der Waals surface area contributed by atoms with Crippen molar-refractivity contribution in [1.82, 2.24) is 4.90 Å². The monoisotopic (exact) mass is 443 g/mol. The summed E-state index contributed by atoms with van der Waals surface area (Å²) >= 11 is 1.44. The van der Waals surface area contributed by atoms with Crippen LogP contribution in [0.3, 0.4) is 0 Å². The second-order valence-corrected chi connectivity index (χ2v) is 9.05. The zero-order chi connectivity index (χ0) is 22.7. The molecule has 1 amide bonds. The summed E-state index contributed by atoms with van der Waals surface area (Å²) in [4.78, 5) is 28.1. The molecule has 1 aromatic heterocycles. The number of carbonyl (C=O) groups excluding carboxylic acids is 2. The summed E-state index contributed by atoms with van der Waals surface area (Å²) in [5.74, 6) is -0.764. The van der Waals surface area contributed by atoms with Gasteiger partial charge in [0, 0.05) is 17.0 Å². The summed E-state index contributed by atoms with van der Waals surface area (Å²) in [6, 6.07) is 8.36. The molecule has 0 bridgehead atoms. The third kappa shape index (κ3) is 4.99. The number of aliphatic hydroxyl groups is 1. The van der Waals surface area contributed by atoms with Crippen molar-refractivity contribution in [1.29, 1.82) is 0 Å². The number of hydrogen-bond donors (Lipinski definition) is 1. The molecule has 0 radical (unpaired) electrons. The minimum atomic E-state index is -0.680. The third-order valence-corrected chi connectivity index (χ3v) is 5.87. The van der Waals surface area contributed by atoms with E-state index in [1.165, 1.54) is 16.2 Å². The van der Waals surface area contributed by atoms with Gasteiger partial charge in [-0.1, -0.05) is 6.07 Å². The lowest BCUT2D eigenvalue weighted by atomic mass is 9.98. The average molecular weight is 444 g/mol. The lowest BCUT2D eigenvalue weighted by Gasteiger charge is -2.24. The molecule has 1 atom stereocenters.